The number of rotatable bonds is 10. The summed E-state index contributed by atoms with van der Waals surface area (Å²) in [7, 11) is -7.39. The van der Waals surface area contributed by atoms with Crippen LogP contribution in [0.3, 0.4) is 0 Å². The van der Waals surface area contributed by atoms with Gasteiger partial charge in [-0.15, -0.1) is 11.3 Å². The van der Waals surface area contributed by atoms with E-state index in [1.54, 1.807) is 0 Å². The zero-order valence-electron chi connectivity index (χ0n) is 31.0. The minimum atomic E-state index is -4.54. The molecule has 2 fully saturated rings. The van der Waals surface area contributed by atoms with Crippen LogP contribution in [0.25, 0.3) is 0 Å². The number of hydrogen-bond donors (Lipinski definition) is 2. The average molecular weight is 797 g/mol. The number of hydrogen-bond acceptors (Lipinski definition) is 11. The summed E-state index contributed by atoms with van der Waals surface area (Å²) in [5, 5.41) is 5.46. The average Bonchev–Trinajstić information content (AvgIpc) is 3.42. The Hall–Kier alpha value is -2.67. The van der Waals surface area contributed by atoms with Crippen LogP contribution in [0.5, 0.6) is 0 Å². The normalized spacial score (nSPS) is 17.2. The van der Waals surface area contributed by atoms with Crippen molar-refractivity contribution in [3.05, 3.63) is 34.5 Å². The molecule has 0 saturated carbocycles. The Morgan fingerprint density at radius 1 is 0.788 bits per heavy atom. The second-order valence-electron chi connectivity index (χ2n) is 15.2. The Morgan fingerprint density at radius 3 is 1.60 bits per heavy atom. The topological polar surface area (TPSA) is 171 Å². The number of carbonyl (C=O) groups excluding carboxylic acids is 2. The predicted octanol–water partition coefficient (Wildman–Crippen LogP) is 5.97. The molecule has 0 aliphatic carbocycles. The highest BCUT2D eigenvalue weighted by Crippen LogP contribution is 2.35. The molecule has 2 aromatic rings. The van der Waals surface area contributed by atoms with Crippen molar-refractivity contribution in [3.63, 3.8) is 0 Å². The van der Waals surface area contributed by atoms with Crippen LogP contribution in [0, 0.1) is 18.8 Å². The third-order valence-electron chi connectivity index (χ3n) is 9.27. The quantitative estimate of drug-likeness (QED) is 0.292. The molecule has 18 heteroatoms. The lowest BCUT2D eigenvalue weighted by Gasteiger charge is -2.28. The standard InChI is InChI=1S/C18H30N2O4S2.C16H21F3N2O4S/c1-12-14(17(2,3)4)25-16(19-12)20-15(21)18(5,6)26(22,23)11-13-7-9-24-10-8-13;1-15(2,26(23,24)10-11-5-7-25-8-6-11)14(22)21-13-4-3-12(9-20-13)16(17,18)19/h13H,7-11H2,1-6H3,(H,19,20,21);3-4,9,11H,5-8,10H2,1-2H3,(H,20,21,22). The molecule has 0 bridgehead atoms. The van der Waals surface area contributed by atoms with Gasteiger partial charge in [-0.3, -0.25) is 9.59 Å². The monoisotopic (exact) mass is 796 g/mol. The summed E-state index contributed by atoms with van der Waals surface area (Å²) >= 11 is 1.40. The minimum Gasteiger partial charge on any atom is -0.381 e. The molecule has 0 atom stereocenters. The predicted molar refractivity (Wildman–Crippen MR) is 195 cm³/mol. The lowest BCUT2D eigenvalue weighted by atomic mass is 9.94. The summed E-state index contributed by atoms with van der Waals surface area (Å²) in [6, 6.07) is 1.76. The molecule has 4 rings (SSSR count). The van der Waals surface area contributed by atoms with Crippen molar-refractivity contribution in [1.29, 1.82) is 0 Å². The number of ether oxygens (including phenoxy) is 2. The number of anilines is 2. The first-order chi connectivity index (χ1) is 23.8. The van der Waals surface area contributed by atoms with Gasteiger partial charge in [0.05, 0.1) is 22.8 Å². The Bertz CT molecular complexity index is 1760. The van der Waals surface area contributed by atoms with Crippen LogP contribution in [0.1, 0.15) is 90.3 Å². The number of carbonyl (C=O) groups is 2. The van der Waals surface area contributed by atoms with Gasteiger partial charge in [0, 0.05) is 37.5 Å². The molecule has 2 aliphatic rings. The first-order valence-corrected chi connectivity index (χ1v) is 21.1. The van der Waals surface area contributed by atoms with Gasteiger partial charge in [0.1, 0.15) is 15.3 Å². The van der Waals surface area contributed by atoms with E-state index >= 15 is 0 Å². The Kier molecular flexibility index (Phi) is 14.1. The van der Waals surface area contributed by atoms with Crippen molar-refractivity contribution in [2.75, 3.05) is 48.6 Å². The molecule has 0 spiro atoms. The molecule has 0 aromatic carbocycles. The van der Waals surface area contributed by atoms with E-state index < -0.39 is 52.7 Å². The van der Waals surface area contributed by atoms with E-state index in [2.05, 4.69) is 41.4 Å². The highest BCUT2D eigenvalue weighted by atomic mass is 32.2. The third kappa shape index (κ3) is 11.2. The Morgan fingerprint density at radius 2 is 1.23 bits per heavy atom. The summed E-state index contributed by atoms with van der Waals surface area (Å²) < 4.78 is 95.9. The number of sulfone groups is 2. The molecule has 4 heterocycles. The second kappa shape index (κ2) is 16.8. The van der Waals surface area contributed by atoms with Gasteiger partial charge in [-0.25, -0.2) is 26.8 Å². The second-order valence-corrected chi connectivity index (χ2v) is 21.4. The Balaban J connectivity index is 0.000000280. The number of aromatic nitrogens is 2. The molecule has 294 valence electrons. The van der Waals surface area contributed by atoms with Crippen LogP contribution in [0.15, 0.2) is 18.3 Å². The van der Waals surface area contributed by atoms with Gasteiger partial charge in [-0.1, -0.05) is 20.8 Å². The molecule has 2 aliphatic heterocycles. The smallest absolute Gasteiger partial charge is 0.381 e. The molecule has 52 heavy (non-hydrogen) atoms. The number of amides is 2. The fraction of sp³-hybridized carbons (Fsp3) is 0.706. The first-order valence-electron chi connectivity index (χ1n) is 17.0. The highest BCUT2D eigenvalue weighted by molar-refractivity contribution is 7.93. The fourth-order valence-corrected chi connectivity index (χ4v) is 9.87. The van der Waals surface area contributed by atoms with Crippen molar-refractivity contribution in [2.24, 2.45) is 11.8 Å². The van der Waals surface area contributed by atoms with E-state index in [9.17, 15) is 39.6 Å². The number of pyridine rings is 1. The van der Waals surface area contributed by atoms with Gasteiger partial charge in [-0.05, 0) is 89.7 Å². The summed E-state index contributed by atoms with van der Waals surface area (Å²) in [5.74, 6) is -1.66. The molecule has 0 unspecified atom stereocenters. The molecule has 0 radical (unpaired) electrons. The van der Waals surface area contributed by atoms with Gasteiger partial charge < -0.3 is 20.1 Å². The Labute approximate surface area is 308 Å². The third-order valence-corrected chi connectivity index (χ3v) is 16.1. The van der Waals surface area contributed by atoms with Gasteiger partial charge in [0.2, 0.25) is 11.8 Å². The van der Waals surface area contributed by atoms with E-state index in [0.29, 0.717) is 50.6 Å². The van der Waals surface area contributed by atoms with E-state index in [1.807, 2.05) is 6.92 Å². The van der Waals surface area contributed by atoms with E-state index in [1.165, 1.54) is 39.0 Å². The van der Waals surface area contributed by atoms with Crippen LogP contribution in [-0.2, 0) is 50.3 Å². The van der Waals surface area contributed by atoms with Crippen molar-refractivity contribution in [2.45, 2.75) is 102 Å². The zero-order chi connectivity index (χ0) is 39.3. The number of nitrogens with one attached hydrogen (secondary N) is 2. The number of nitrogens with zero attached hydrogens (tertiary/aromatic N) is 2. The van der Waals surface area contributed by atoms with Gasteiger partial charge in [0.25, 0.3) is 0 Å². The molecule has 2 amide bonds. The minimum absolute atomic E-state index is 0.0148. The lowest BCUT2D eigenvalue weighted by molar-refractivity contribution is -0.137. The lowest BCUT2D eigenvalue weighted by Crippen LogP contribution is -2.47. The maximum Gasteiger partial charge on any atom is 0.417 e. The molecule has 2 saturated heterocycles. The van der Waals surface area contributed by atoms with Gasteiger partial charge in [0.15, 0.2) is 24.8 Å². The number of thiazole rings is 1. The zero-order valence-corrected chi connectivity index (χ0v) is 33.4. The fourth-order valence-electron chi connectivity index (χ4n) is 5.44. The van der Waals surface area contributed by atoms with Gasteiger partial charge >= 0.3 is 6.18 Å². The van der Waals surface area contributed by atoms with Crippen LogP contribution in [-0.4, -0.2) is 86.0 Å². The summed E-state index contributed by atoms with van der Waals surface area (Å²) in [5.41, 5.74) is -0.169. The van der Waals surface area contributed by atoms with Crippen molar-refractivity contribution < 1.29 is 49.1 Å². The number of halogens is 3. The van der Waals surface area contributed by atoms with E-state index in [0.717, 1.165) is 35.5 Å². The number of aryl methyl sites for hydroxylation is 1. The number of alkyl halides is 3. The summed E-state index contributed by atoms with van der Waals surface area (Å²) in [4.78, 5) is 34.2. The first kappa shape index (κ1) is 43.7. The van der Waals surface area contributed by atoms with E-state index in [4.69, 9.17) is 9.47 Å². The van der Waals surface area contributed by atoms with Crippen molar-refractivity contribution >= 4 is 53.8 Å². The largest absolute Gasteiger partial charge is 0.417 e. The van der Waals surface area contributed by atoms with Crippen LogP contribution in [0.2, 0.25) is 0 Å². The van der Waals surface area contributed by atoms with Crippen LogP contribution in [0.4, 0.5) is 24.1 Å². The maximum atomic E-state index is 12.9. The van der Waals surface area contributed by atoms with Crippen LogP contribution >= 0.6 is 11.3 Å². The summed E-state index contributed by atoms with van der Waals surface area (Å²) in [6.45, 7) is 15.8. The van der Waals surface area contributed by atoms with Gasteiger partial charge in [-0.2, -0.15) is 13.2 Å². The molecule has 2 N–H and O–H groups in total. The molecular weight excluding hydrogens is 746 g/mol. The maximum absolute atomic E-state index is 12.9. The highest BCUT2D eigenvalue weighted by Gasteiger charge is 2.44. The van der Waals surface area contributed by atoms with E-state index in [-0.39, 0.29) is 34.6 Å². The molecular formula is C34H51F3N4O8S3. The summed E-state index contributed by atoms with van der Waals surface area (Å²) in [6.07, 6.45) is -1.30. The SMILES string of the molecule is CC(C)(C(=O)Nc1ccc(C(F)(F)F)cn1)S(=O)(=O)CC1CCOCC1.Cc1nc(NC(=O)C(C)(C)S(=O)(=O)CC2CCOCC2)sc1C(C)(C)C. The molecule has 2 aromatic heterocycles. The van der Waals surface area contributed by atoms with Crippen molar-refractivity contribution in [1.82, 2.24) is 9.97 Å². The van der Waals surface area contributed by atoms with Crippen LogP contribution < -0.4 is 10.6 Å². The molecule has 12 nitrogen and oxygen atoms in total. The van der Waals surface area contributed by atoms with Crippen molar-refractivity contribution in [3.8, 4) is 0 Å².